The van der Waals surface area contributed by atoms with E-state index in [1.165, 1.54) is 0 Å². The van der Waals surface area contributed by atoms with Crippen LogP contribution in [0.25, 0.3) is 11.1 Å². The third-order valence-corrected chi connectivity index (χ3v) is 8.49. The van der Waals surface area contributed by atoms with Crippen molar-refractivity contribution in [1.29, 1.82) is 0 Å². The summed E-state index contributed by atoms with van der Waals surface area (Å²) in [6.07, 6.45) is -0.422. The number of halogens is 5. The van der Waals surface area contributed by atoms with Gasteiger partial charge < -0.3 is 24.6 Å². The van der Waals surface area contributed by atoms with Crippen molar-refractivity contribution in [2.75, 3.05) is 32.8 Å². The van der Waals surface area contributed by atoms with Gasteiger partial charge in [0.1, 0.15) is 5.56 Å². The van der Waals surface area contributed by atoms with Gasteiger partial charge in [-0.25, -0.2) is 22.0 Å². The van der Waals surface area contributed by atoms with Gasteiger partial charge in [0.2, 0.25) is 5.82 Å². The summed E-state index contributed by atoms with van der Waals surface area (Å²) >= 11 is 0. The zero-order valence-electron chi connectivity index (χ0n) is 25.7. The molecule has 2 saturated heterocycles. The van der Waals surface area contributed by atoms with E-state index in [-0.39, 0.29) is 25.4 Å². The van der Waals surface area contributed by atoms with E-state index in [9.17, 15) is 31.9 Å². The van der Waals surface area contributed by atoms with Gasteiger partial charge in [-0.05, 0) is 39.9 Å². The Kier molecular flexibility index (Phi) is 10.5. The van der Waals surface area contributed by atoms with E-state index in [1.807, 2.05) is 54.6 Å². The lowest BCUT2D eigenvalue weighted by atomic mass is 9.98. The zero-order chi connectivity index (χ0) is 33.8. The molecule has 3 unspecified atom stereocenters. The number of carbonyl (C=O) groups excluding carboxylic acids is 1. The van der Waals surface area contributed by atoms with Gasteiger partial charge in [-0.3, -0.25) is 9.69 Å². The van der Waals surface area contributed by atoms with E-state index < -0.39 is 46.8 Å². The van der Waals surface area contributed by atoms with Crippen molar-refractivity contribution >= 4 is 5.91 Å². The number of benzene rings is 4. The van der Waals surface area contributed by atoms with E-state index in [2.05, 4.69) is 10.2 Å². The molecule has 4 aromatic carbocycles. The lowest BCUT2D eigenvalue weighted by Gasteiger charge is -2.39. The molecule has 0 aliphatic carbocycles. The summed E-state index contributed by atoms with van der Waals surface area (Å²) in [4.78, 5) is 14.8. The highest BCUT2D eigenvalue weighted by molar-refractivity contribution is 5.94. The molecule has 6 rings (SSSR count). The van der Waals surface area contributed by atoms with Crippen LogP contribution in [0.1, 0.15) is 51.4 Å². The fourth-order valence-corrected chi connectivity index (χ4v) is 5.91. The predicted molar refractivity (Wildman–Crippen MR) is 165 cm³/mol. The van der Waals surface area contributed by atoms with E-state index in [4.69, 9.17) is 14.2 Å². The van der Waals surface area contributed by atoms with Crippen LogP contribution in [0, 0.1) is 29.1 Å². The molecule has 7 nitrogen and oxygen atoms in total. The molecule has 1 amide bonds. The number of nitrogens with zero attached hydrogens (tertiary/aromatic N) is 1. The molecule has 0 radical (unpaired) electrons. The molecule has 2 fully saturated rings. The number of aliphatic hydroxyl groups excluding tert-OH is 1. The van der Waals surface area contributed by atoms with Crippen LogP contribution in [-0.2, 0) is 27.4 Å². The van der Waals surface area contributed by atoms with E-state index in [0.29, 0.717) is 31.7 Å². The first-order valence-corrected chi connectivity index (χ1v) is 15.5. The number of aliphatic hydroxyl groups is 1. The molecule has 2 N–H and O–H groups in total. The third-order valence-electron chi connectivity index (χ3n) is 8.49. The van der Waals surface area contributed by atoms with Crippen LogP contribution in [0.15, 0.2) is 72.8 Å². The fraction of sp³-hybridized carbons (Fsp3) is 0.306. The summed E-state index contributed by atoms with van der Waals surface area (Å²) in [5.74, 6) is -12.5. The Balaban J connectivity index is 1.20. The Bertz CT molecular complexity index is 1740. The Morgan fingerprint density at radius 2 is 1.42 bits per heavy atom. The van der Waals surface area contributed by atoms with Crippen LogP contribution in [0.4, 0.5) is 22.0 Å². The summed E-state index contributed by atoms with van der Waals surface area (Å²) in [7, 11) is 0. The maximum Gasteiger partial charge on any atom is 0.257 e. The van der Waals surface area contributed by atoms with Crippen LogP contribution in [0.2, 0.25) is 0 Å². The van der Waals surface area contributed by atoms with Gasteiger partial charge >= 0.3 is 0 Å². The van der Waals surface area contributed by atoms with Gasteiger partial charge in [-0.2, -0.15) is 0 Å². The van der Waals surface area contributed by atoms with Crippen molar-refractivity contribution in [3.05, 3.63) is 130 Å². The first kappa shape index (κ1) is 33.7. The number of morpholine rings is 1. The van der Waals surface area contributed by atoms with E-state index in [0.717, 1.165) is 40.9 Å². The molecule has 2 aliphatic heterocycles. The molecule has 3 atom stereocenters. The molecular weight excluding hydrogens is 635 g/mol. The zero-order valence-corrected chi connectivity index (χ0v) is 25.7. The van der Waals surface area contributed by atoms with Crippen LogP contribution in [0.3, 0.4) is 0 Å². The number of hydrogen-bond acceptors (Lipinski definition) is 6. The molecule has 0 bridgehead atoms. The molecule has 0 saturated carbocycles. The summed E-state index contributed by atoms with van der Waals surface area (Å²) in [5, 5.41) is 11.7. The predicted octanol–water partition coefficient (Wildman–Crippen LogP) is 6.35. The van der Waals surface area contributed by atoms with E-state index >= 15 is 0 Å². The lowest BCUT2D eigenvalue weighted by molar-refractivity contribution is -0.253. The number of nitrogens with one attached hydrogen (secondary N) is 1. The van der Waals surface area contributed by atoms with Crippen LogP contribution in [-0.4, -0.2) is 54.9 Å². The van der Waals surface area contributed by atoms with Gasteiger partial charge in [0.15, 0.2) is 29.6 Å². The highest BCUT2D eigenvalue weighted by Gasteiger charge is 2.34. The van der Waals surface area contributed by atoms with Gasteiger partial charge in [0, 0.05) is 38.2 Å². The SMILES string of the molecule is O=C(NCc1cccc(-c2cccc(C3OC(CN4CCOCC4)CC(c4ccc(CO)cc4)O3)c2)c1)c1c(F)c(F)c(F)c(F)c1F. The van der Waals surface area contributed by atoms with Crippen LogP contribution >= 0.6 is 0 Å². The van der Waals surface area contributed by atoms with Gasteiger partial charge in [0.25, 0.3) is 5.91 Å². The molecule has 252 valence electrons. The summed E-state index contributed by atoms with van der Waals surface area (Å²) in [5.41, 5.74) is 3.09. The van der Waals surface area contributed by atoms with Gasteiger partial charge in [-0.1, -0.05) is 60.7 Å². The molecule has 2 heterocycles. The second-order valence-electron chi connectivity index (χ2n) is 11.7. The van der Waals surface area contributed by atoms with Gasteiger partial charge in [0.05, 0.1) is 32.0 Å². The Hall–Kier alpha value is -4.20. The third kappa shape index (κ3) is 7.43. The Morgan fingerprint density at radius 3 is 2.10 bits per heavy atom. The topological polar surface area (TPSA) is 80.3 Å². The first-order valence-electron chi connectivity index (χ1n) is 15.5. The lowest BCUT2D eigenvalue weighted by Crippen LogP contribution is -2.44. The molecule has 48 heavy (non-hydrogen) atoms. The van der Waals surface area contributed by atoms with Crippen molar-refractivity contribution in [3.8, 4) is 11.1 Å². The largest absolute Gasteiger partial charge is 0.392 e. The monoisotopic (exact) mass is 668 g/mol. The van der Waals surface area contributed by atoms with Crippen molar-refractivity contribution in [2.24, 2.45) is 0 Å². The molecule has 12 heteroatoms. The Labute approximate surface area is 273 Å². The average molecular weight is 669 g/mol. The van der Waals surface area contributed by atoms with E-state index in [1.54, 1.807) is 18.2 Å². The number of carbonyl (C=O) groups is 1. The second-order valence-corrected chi connectivity index (χ2v) is 11.7. The smallest absolute Gasteiger partial charge is 0.257 e. The van der Waals surface area contributed by atoms with Crippen molar-refractivity contribution in [3.63, 3.8) is 0 Å². The fourth-order valence-electron chi connectivity index (χ4n) is 5.91. The summed E-state index contributed by atoms with van der Waals surface area (Å²) in [6, 6.07) is 22.2. The minimum atomic E-state index is -2.33. The number of amides is 1. The number of rotatable bonds is 9. The minimum absolute atomic E-state index is 0.0527. The standard InChI is InChI=1S/C36H33F5N2O5/c37-30-29(31(38)33(40)34(41)32(30)39)35(45)42-18-22-3-1-4-24(15-22)25-5-2-6-26(16-25)36-47-27(19-43-11-13-46-14-12-43)17-28(48-36)23-9-7-21(20-44)8-10-23/h1-10,15-16,27-28,36,44H,11-14,17-20H2,(H,42,45). The van der Waals surface area contributed by atoms with Crippen molar-refractivity contribution in [1.82, 2.24) is 10.2 Å². The highest BCUT2D eigenvalue weighted by Crippen LogP contribution is 2.39. The molecule has 0 aromatic heterocycles. The van der Waals surface area contributed by atoms with Crippen LogP contribution < -0.4 is 5.32 Å². The summed E-state index contributed by atoms with van der Waals surface area (Å²) in [6.45, 7) is 3.39. The molecular formula is C36H33F5N2O5. The Morgan fingerprint density at radius 1 is 0.771 bits per heavy atom. The minimum Gasteiger partial charge on any atom is -0.392 e. The van der Waals surface area contributed by atoms with Crippen molar-refractivity contribution in [2.45, 2.75) is 38.1 Å². The first-order chi connectivity index (χ1) is 23.2. The quantitative estimate of drug-likeness (QED) is 0.123. The number of ether oxygens (including phenoxy) is 3. The number of hydrogen-bond donors (Lipinski definition) is 2. The van der Waals surface area contributed by atoms with Crippen LogP contribution in [0.5, 0.6) is 0 Å². The van der Waals surface area contributed by atoms with Gasteiger partial charge in [-0.15, -0.1) is 0 Å². The molecule has 0 spiro atoms. The average Bonchev–Trinajstić information content (AvgIpc) is 3.13. The maximum atomic E-state index is 14.1. The highest BCUT2D eigenvalue weighted by atomic mass is 19.2. The maximum absolute atomic E-state index is 14.1. The second kappa shape index (κ2) is 14.9. The normalized spacial score (nSPS) is 20.1. The summed E-state index contributed by atoms with van der Waals surface area (Å²) < 4.78 is 87.4. The molecule has 2 aliphatic rings. The van der Waals surface area contributed by atoms with Crippen molar-refractivity contribution < 1.29 is 46.1 Å². The molecule has 4 aromatic rings.